The second-order valence-corrected chi connectivity index (χ2v) is 4.96. The lowest BCUT2D eigenvalue weighted by Crippen LogP contribution is -2.31. The summed E-state index contributed by atoms with van der Waals surface area (Å²) in [4.78, 5) is 0.633. The van der Waals surface area contributed by atoms with E-state index in [-0.39, 0.29) is 12.3 Å². The molecule has 0 saturated carbocycles. The van der Waals surface area contributed by atoms with Crippen LogP contribution >= 0.6 is 11.8 Å². The molecule has 2 rings (SSSR count). The van der Waals surface area contributed by atoms with Gasteiger partial charge in [-0.25, -0.2) is 0 Å². The van der Waals surface area contributed by atoms with Crippen LogP contribution in [0.2, 0.25) is 0 Å². The highest BCUT2D eigenvalue weighted by Crippen LogP contribution is 2.41. The number of phenols is 1. The molecule has 7 heteroatoms. The maximum atomic E-state index is 12.5. The molecule has 18 heavy (non-hydrogen) atoms. The fourth-order valence-electron chi connectivity index (χ4n) is 1.57. The third-order valence-corrected chi connectivity index (χ3v) is 3.58. The highest BCUT2D eigenvalue weighted by Gasteiger charge is 2.40. The highest BCUT2D eigenvalue weighted by atomic mass is 32.2. The molecular formula is C11H11F3N2OS. The van der Waals surface area contributed by atoms with Crippen LogP contribution in [0.3, 0.4) is 0 Å². The molecule has 0 aliphatic carbocycles. The first-order chi connectivity index (χ1) is 8.38. The number of aromatic hydroxyl groups is 1. The van der Waals surface area contributed by atoms with Gasteiger partial charge in [-0.2, -0.15) is 13.2 Å². The first-order valence-corrected chi connectivity index (χ1v) is 6.00. The minimum Gasteiger partial charge on any atom is -0.508 e. The summed E-state index contributed by atoms with van der Waals surface area (Å²) in [7, 11) is 0. The normalized spacial score (nSPS) is 20.1. The van der Waals surface area contributed by atoms with Gasteiger partial charge in [0.25, 0.3) is 0 Å². The molecule has 0 saturated heterocycles. The predicted molar refractivity (Wildman–Crippen MR) is 63.4 cm³/mol. The van der Waals surface area contributed by atoms with Crippen molar-refractivity contribution in [3.8, 4) is 5.75 Å². The lowest BCUT2D eigenvalue weighted by atomic mass is 10.2. The fourth-order valence-corrected chi connectivity index (χ4v) is 2.43. The zero-order chi connectivity index (χ0) is 13.3. The van der Waals surface area contributed by atoms with Crippen LogP contribution in [0.4, 0.5) is 13.2 Å². The van der Waals surface area contributed by atoms with Crippen molar-refractivity contribution < 1.29 is 18.3 Å². The average molecular weight is 276 g/mol. The molecule has 0 fully saturated rings. The topological polar surface area (TPSA) is 49.5 Å². The zero-order valence-electron chi connectivity index (χ0n) is 9.19. The molecule has 3 N–H and O–H groups in total. The minimum atomic E-state index is -4.38. The summed E-state index contributed by atoms with van der Waals surface area (Å²) >= 11 is 0.564. The lowest BCUT2D eigenvalue weighted by molar-refractivity contribution is -0.0839. The third kappa shape index (κ3) is 2.73. The highest BCUT2D eigenvalue weighted by molar-refractivity contribution is 8.03. The summed E-state index contributed by atoms with van der Waals surface area (Å²) in [5, 5.41) is 9.57. The number of thioether (sulfide) groups is 1. The van der Waals surface area contributed by atoms with Crippen molar-refractivity contribution in [2.75, 3.05) is 0 Å². The number of hydrogen-bond acceptors (Lipinski definition) is 4. The van der Waals surface area contributed by atoms with Gasteiger partial charge in [0.1, 0.15) is 16.2 Å². The molecule has 0 aromatic heterocycles. The van der Waals surface area contributed by atoms with Crippen LogP contribution in [-0.4, -0.2) is 21.7 Å². The Kier molecular flexibility index (Phi) is 3.45. The number of alkyl halides is 3. The molecule has 1 aromatic rings. The average Bonchev–Trinajstić information content (AvgIpc) is 2.63. The largest absolute Gasteiger partial charge is 0.508 e. The Morgan fingerprint density at radius 2 is 2.00 bits per heavy atom. The van der Waals surface area contributed by atoms with Crippen molar-refractivity contribution in [3.05, 3.63) is 40.9 Å². The van der Waals surface area contributed by atoms with Crippen LogP contribution in [0, 0.1) is 0 Å². The van der Waals surface area contributed by atoms with Crippen molar-refractivity contribution in [1.29, 1.82) is 0 Å². The monoisotopic (exact) mass is 276 g/mol. The van der Waals surface area contributed by atoms with E-state index in [1.807, 2.05) is 0 Å². The number of rotatable bonds is 2. The fraction of sp³-hybridized carbons (Fsp3) is 0.273. The van der Waals surface area contributed by atoms with Gasteiger partial charge in [-0.05, 0) is 6.07 Å². The predicted octanol–water partition coefficient (Wildman–Crippen LogP) is 2.59. The van der Waals surface area contributed by atoms with E-state index in [0.29, 0.717) is 17.3 Å². The van der Waals surface area contributed by atoms with E-state index >= 15 is 0 Å². The molecule has 1 atom stereocenters. The quantitative estimate of drug-likeness (QED) is 0.871. The van der Waals surface area contributed by atoms with Crippen molar-refractivity contribution in [2.45, 2.75) is 18.2 Å². The Hall–Kier alpha value is -1.34. The van der Waals surface area contributed by atoms with Crippen LogP contribution in [0.25, 0.3) is 0 Å². The van der Waals surface area contributed by atoms with E-state index in [2.05, 4.69) is 0 Å². The van der Waals surface area contributed by atoms with E-state index in [9.17, 15) is 18.3 Å². The second kappa shape index (κ2) is 4.74. The molecule has 1 aliphatic rings. The van der Waals surface area contributed by atoms with E-state index in [4.69, 9.17) is 5.73 Å². The van der Waals surface area contributed by atoms with Gasteiger partial charge in [-0.15, -0.1) is 0 Å². The van der Waals surface area contributed by atoms with Crippen molar-refractivity contribution in [1.82, 2.24) is 4.90 Å². The molecule has 1 aliphatic heterocycles. The SMILES string of the molecule is NC1SC(C(F)(F)F)=CN1Cc1ccccc1O. The third-order valence-electron chi connectivity index (χ3n) is 2.48. The van der Waals surface area contributed by atoms with Gasteiger partial charge in [-0.3, -0.25) is 0 Å². The summed E-state index contributed by atoms with van der Waals surface area (Å²) in [5.41, 5.74) is 5.36. The number of benzene rings is 1. The Morgan fingerprint density at radius 1 is 1.33 bits per heavy atom. The van der Waals surface area contributed by atoms with Gasteiger partial charge in [0.2, 0.25) is 0 Å². The number of para-hydroxylation sites is 1. The number of halogens is 3. The summed E-state index contributed by atoms with van der Waals surface area (Å²) in [6.45, 7) is 0.139. The molecule has 0 bridgehead atoms. The van der Waals surface area contributed by atoms with Crippen LogP contribution in [0.15, 0.2) is 35.4 Å². The summed E-state index contributed by atoms with van der Waals surface area (Å²) in [6.07, 6.45) is -3.39. The van der Waals surface area contributed by atoms with Gasteiger partial charge in [0.05, 0.1) is 0 Å². The molecule has 3 nitrogen and oxygen atoms in total. The van der Waals surface area contributed by atoms with E-state index < -0.39 is 16.6 Å². The molecular weight excluding hydrogens is 265 g/mol. The second-order valence-electron chi connectivity index (χ2n) is 3.80. The number of nitrogens with zero attached hydrogens (tertiary/aromatic N) is 1. The van der Waals surface area contributed by atoms with Gasteiger partial charge in [-0.1, -0.05) is 30.0 Å². The maximum Gasteiger partial charge on any atom is 0.423 e. The zero-order valence-corrected chi connectivity index (χ0v) is 10.0. The minimum absolute atomic E-state index is 0.0450. The molecule has 1 heterocycles. The van der Waals surface area contributed by atoms with Gasteiger partial charge in [0.15, 0.2) is 0 Å². The molecule has 1 aromatic carbocycles. The summed E-state index contributed by atoms with van der Waals surface area (Å²) < 4.78 is 37.5. The van der Waals surface area contributed by atoms with Crippen LogP contribution in [-0.2, 0) is 6.54 Å². The number of allylic oxidation sites excluding steroid dienone is 1. The Bertz CT molecular complexity index is 476. The number of hydrogen-bond donors (Lipinski definition) is 2. The van der Waals surface area contributed by atoms with Crippen molar-refractivity contribution in [3.63, 3.8) is 0 Å². The number of phenolic OH excluding ortho intramolecular Hbond substituents is 1. The van der Waals surface area contributed by atoms with Gasteiger partial charge < -0.3 is 15.7 Å². The van der Waals surface area contributed by atoms with E-state index in [0.717, 1.165) is 6.20 Å². The Balaban J connectivity index is 2.16. The smallest absolute Gasteiger partial charge is 0.423 e. The maximum absolute atomic E-state index is 12.5. The van der Waals surface area contributed by atoms with E-state index in [1.165, 1.54) is 11.0 Å². The first-order valence-electron chi connectivity index (χ1n) is 5.12. The standard InChI is InChI=1S/C11H11F3N2OS/c12-11(13,14)9-6-16(10(15)18-9)5-7-3-1-2-4-8(7)17/h1-4,6,10,17H,5,15H2. The summed E-state index contributed by atoms with van der Waals surface area (Å²) in [6, 6.07) is 6.48. The van der Waals surface area contributed by atoms with Crippen LogP contribution < -0.4 is 5.73 Å². The molecule has 0 radical (unpaired) electrons. The lowest BCUT2D eigenvalue weighted by Gasteiger charge is -2.21. The van der Waals surface area contributed by atoms with E-state index in [1.54, 1.807) is 18.2 Å². The first kappa shape index (κ1) is 13.1. The molecule has 0 spiro atoms. The molecule has 1 unspecified atom stereocenters. The Morgan fingerprint density at radius 3 is 2.56 bits per heavy atom. The van der Waals surface area contributed by atoms with Crippen LogP contribution in [0.1, 0.15) is 5.56 Å². The van der Waals surface area contributed by atoms with Gasteiger partial charge in [0, 0.05) is 18.3 Å². The van der Waals surface area contributed by atoms with Crippen molar-refractivity contribution >= 4 is 11.8 Å². The Labute approximate surface area is 106 Å². The summed E-state index contributed by atoms with van der Waals surface area (Å²) in [5.74, 6) is 0.0450. The molecule has 98 valence electrons. The molecule has 0 amide bonds. The van der Waals surface area contributed by atoms with Crippen LogP contribution in [0.5, 0.6) is 5.75 Å². The number of nitrogens with two attached hydrogens (primary N) is 1. The van der Waals surface area contributed by atoms with Gasteiger partial charge >= 0.3 is 6.18 Å². The van der Waals surface area contributed by atoms with Crippen molar-refractivity contribution in [2.24, 2.45) is 5.73 Å².